The predicted molar refractivity (Wildman–Crippen MR) is 95.5 cm³/mol. The second-order valence-corrected chi connectivity index (χ2v) is 6.96. The lowest BCUT2D eigenvalue weighted by Gasteiger charge is -2.33. The highest BCUT2D eigenvalue weighted by atomic mass is 32.1. The maximum Gasteiger partial charge on any atom is 0.251 e. The summed E-state index contributed by atoms with van der Waals surface area (Å²) in [6.07, 6.45) is 1.90. The van der Waals surface area contributed by atoms with Gasteiger partial charge < -0.3 is 10.1 Å². The Kier molecular flexibility index (Phi) is 5.60. The molecule has 1 aromatic heterocycles. The number of hydrogen-bond donors (Lipinski definition) is 1. The predicted octanol–water partition coefficient (Wildman–Crippen LogP) is 2.56. The zero-order valence-electron chi connectivity index (χ0n) is 14.1. The van der Waals surface area contributed by atoms with E-state index in [1.54, 1.807) is 11.3 Å². The van der Waals surface area contributed by atoms with Crippen LogP contribution in [0.4, 0.5) is 0 Å². The number of rotatable bonds is 5. The molecule has 1 N–H and O–H groups in total. The molecule has 0 bridgehead atoms. The number of thiazole rings is 1. The molecule has 128 valence electrons. The molecule has 1 aliphatic rings. The number of ether oxygens (including phenoxy) is 1. The highest BCUT2D eigenvalue weighted by Crippen LogP contribution is 2.24. The van der Waals surface area contributed by atoms with Gasteiger partial charge in [0.2, 0.25) is 0 Å². The third-order valence-corrected chi connectivity index (χ3v) is 5.31. The topological polar surface area (TPSA) is 54.5 Å². The van der Waals surface area contributed by atoms with E-state index in [2.05, 4.69) is 15.2 Å². The molecule has 1 saturated heterocycles. The van der Waals surface area contributed by atoms with Gasteiger partial charge in [-0.25, -0.2) is 0 Å². The normalized spacial score (nSPS) is 16.8. The van der Waals surface area contributed by atoms with E-state index in [1.165, 1.54) is 4.88 Å². The van der Waals surface area contributed by atoms with Gasteiger partial charge in [-0.2, -0.15) is 0 Å². The van der Waals surface area contributed by atoms with E-state index in [0.29, 0.717) is 6.54 Å². The van der Waals surface area contributed by atoms with E-state index in [-0.39, 0.29) is 11.9 Å². The summed E-state index contributed by atoms with van der Waals surface area (Å²) in [7, 11) is 0. The minimum absolute atomic E-state index is 0.00613. The lowest BCUT2D eigenvalue weighted by atomic mass is 10.0. The van der Waals surface area contributed by atoms with Crippen LogP contribution in [0.2, 0.25) is 0 Å². The van der Waals surface area contributed by atoms with Gasteiger partial charge in [0.05, 0.1) is 24.8 Å². The number of nitrogens with zero attached hydrogens (tertiary/aromatic N) is 2. The Balaban J connectivity index is 1.72. The first-order valence-corrected chi connectivity index (χ1v) is 9.09. The van der Waals surface area contributed by atoms with Gasteiger partial charge in [0.15, 0.2) is 0 Å². The zero-order valence-corrected chi connectivity index (χ0v) is 14.9. The van der Waals surface area contributed by atoms with Crippen LogP contribution in [-0.4, -0.2) is 48.6 Å². The molecule has 1 atom stereocenters. The summed E-state index contributed by atoms with van der Waals surface area (Å²) in [5.41, 5.74) is 4.64. The number of benzene rings is 1. The van der Waals surface area contributed by atoms with Crippen LogP contribution in [0.5, 0.6) is 0 Å². The van der Waals surface area contributed by atoms with Crippen LogP contribution in [-0.2, 0) is 4.74 Å². The van der Waals surface area contributed by atoms with Crippen molar-refractivity contribution in [1.29, 1.82) is 0 Å². The van der Waals surface area contributed by atoms with Gasteiger partial charge in [0.1, 0.15) is 0 Å². The second kappa shape index (κ2) is 7.88. The number of amides is 1. The average Bonchev–Trinajstić information content (AvgIpc) is 3.10. The maximum absolute atomic E-state index is 12.7. The first-order chi connectivity index (χ1) is 11.7. The molecule has 0 unspecified atom stereocenters. The van der Waals surface area contributed by atoms with Crippen molar-refractivity contribution < 1.29 is 9.53 Å². The van der Waals surface area contributed by atoms with E-state index in [0.717, 1.165) is 43.0 Å². The molecule has 6 heteroatoms. The summed E-state index contributed by atoms with van der Waals surface area (Å²) in [4.78, 5) is 20.4. The fourth-order valence-corrected chi connectivity index (χ4v) is 3.89. The van der Waals surface area contributed by atoms with Crippen molar-refractivity contribution in [1.82, 2.24) is 15.2 Å². The Morgan fingerprint density at radius 2 is 2.04 bits per heavy atom. The molecule has 5 nitrogen and oxygen atoms in total. The molecule has 0 spiro atoms. The Morgan fingerprint density at radius 3 is 2.67 bits per heavy atom. The largest absolute Gasteiger partial charge is 0.379 e. The third-order valence-electron chi connectivity index (χ3n) is 4.43. The molecular weight excluding hydrogens is 322 g/mol. The first-order valence-electron chi connectivity index (χ1n) is 8.21. The molecule has 1 amide bonds. The summed E-state index contributed by atoms with van der Waals surface area (Å²) < 4.78 is 5.45. The van der Waals surface area contributed by atoms with Gasteiger partial charge in [-0.15, -0.1) is 11.3 Å². The average molecular weight is 345 g/mol. The van der Waals surface area contributed by atoms with Crippen molar-refractivity contribution >= 4 is 17.2 Å². The van der Waals surface area contributed by atoms with E-state index in [1.807, 2.05) is 43.8 Å². The number of carbonyl (C=O) groups excluding carboxylic acids is 1. The zero-order chi connectivity index (χ0) is 16.9. The molecule has 1 aromatic carbocycles. The Bertz CT molecular complexity index is 661. The highest BCUT2D eigenvalue weighted by molar-refractivity contribution is 7.09. The van der Waals surface area contributed by atoms with E-state index >= 15 is 0 Å². The SMILES string of the molecule is Cc1cccc(C)c1C(=O)NC[C@H](c1cncs1)N1CCOCC1. The number of morpholine rings is 1. The van der Waals surface area contributed by atoms with Gasteiger partial charge in [0.25, 0.3) is 5.91 Å². The van der Waals surface area contributed by atoms with Crippen molar-refractivity contribution in [3.63, 3.8) is 0 Å². The van der Waals surface area contributed by atoms with Gasteiger partial charge in [-0.3, -0.25) is 14.7 Å². The summed E-state index contributed by atoms with van der Waals surface area (Å²) in [6, 6.07) is 6.08. The molecule has 2 heterocycles. The van der Waals surface area contributed by atoms with Crippen LogP contribution in [0.15, 0.2) is 29.9 Å². The molecule has 2 aromatic rings. The van der Waals surface area contributed by atoms with Crippen LogP contribution in [0.3, 0.4) is 0 Å². The third kappa shape index (κ3) is 3.83. The van der Waals surface area contributed by atoms with Gasteiger partial charge in [-0.05, 0) is 25.0 Å². The minimum Gasteiger partial charge on any atom is -0.379 e. The Labute approximate surface area is 146 Å². The summed E-state index contributed by atoms with van der Waals surface area (Å²) in [5, 5.41) is 3.12. The van der Waals surface area contributed by atoms with E-state index < -0.39 is 0 Å². The number of nitrogens with one attached hydrogen (secondary N) is 1. The number of hydrogen-bond acceptors (Lipinski definition) is 5. The lowest BCUT2D eigenvalue weighted by molar-refractivity contribution is 0.0169. The molecule has 0 saturated carbocycles. The van der Waals surface area contributed by atoms with Gasteiger partial charge in [0, 0.05) is 36.3 Å². The van der Waals surface area contributed by atoms with Gasteiger partial charge >= 0.3 is 0 Å². The number of aryl methyl sites for hydroxylation is 2. The van der Waals surface area contributed by atoms with Gasteiger partial charge in [-0.1, -0.05) is 18.2 Å². The quantitative estimate of drug-likeness (QED) is 0.905. The Hall–Kier alpha value is -1.76. The van der Waals surface area contributed by atoms with Crippen molar-refractivity contribution in [2.24, 2.45) is 0 Å². The summed E-state index contributed by atoms with van der Waals surface area (Å²) in [6.45, 7) is 7.76. The number of aromatic nitrogens is 1. The van der Waals surface area contributed by atoms with Crippen LogP contribution in [0, 0.1) is 13.8 Å². The monoisotopic (exact) mass is 345 g/mol. The van der Waals surface area contributed by atoms with Crippen LogP contribution < -0.4 is 5.32 Å². The fourth-order valence-electron chi connectivity index (χ4n) is 3.14. The molecule has 1 aliphatic heterocycles. The van der Waals surface area contributed by atoms with Crippen molar-refractivity contribution in [3.05, 3.63) is 51.5 Å². The van der Waals surface area contributed by atoms with Crippen LogP contribution in [0.1, 0.15) is 32.4 Å². The smallest absolute Gasteiger partial charge is 0.251 e. The van der Waals surface area contributed by atoms with Crippen molar-refractivity contribution in [2.75, 3.05) is 32.8 Å². The minimum atomic E-state index is -0.00613. The standard InChI is InChI=1S/C18H23N3O2S/c1-13-4-3-5-14(2)17(13)18(22)20-10-15(16-11-19-12-24-16)21-6-8-23-9-7-21/h3-5,11-12,15H,6-10H2,1-2H3,(H,20,22)/t15-/m1/s1. The summed E-state index contributed by atoms with van der Waals surface area (Å²) in [5.74, 6) is -0.00613. The van der Waals surface area contributed by atoms with Crippen LogP contribution in [0.25, 0.3) is 0 Å². The molecular formula is C18H23N3O2S. The van der Waals surface area contributed by atoms with Crippen LogP contribution >= 0.6 is 11.3 Å². The number of carbonyl (C=O) groups is 1. The maximum atomic E-state index is 12.7. The first kappa shape index (κ1) is 17.1. The molecule has 1 fully saturated rings. The van der Waals surface area contributed by atoms with Crippen molar-refractivity contribution in [3.8, 4) is 0 Å². The second-order valence-electron chi connectivity index (χ2n) is 6.04. The Morgan fingerprint density at radius 1 is 1.33 bits per heavy atom. The van der Waals surface area contributed by atoms with Crippen molar-refractivity contribution in [2.45, 2.75) is 19.9 Å². The molecule has 3 rings (SSSR count). The molecule has 0 radical (unpaired) electrons. The fraction of sp³-hybridized carbons (Fsp3) is 0.444. The van der Waals surface area contributed by atoms with E-state index in [4.69, 9.17) is 4.74 Å². The summed E-state index contributed by atoms with van der Waals surface area (Å²) >= 11 is 1.63. The highest BCUT2D eigenvalue weighted by Gasteiger charge is 2.25. The molecule has 0 aliphatic carbocycles. The molecule has 24 heavy (non-hydrogen) atoms. The lowest BCUT2D eigenvalue weighted by Crippen LogP contribution is -2.43. The van der Waals surface area contributed by atoms with E-state index in [9.17, 15) is 4.79 Å².